The Bertz CT molecular complexity index is 695. The van der Waals surface area contributed by atoms with E-state index in [4.69, 9.17) is 9.47 Å². The summed E-state index contributed by atoms with van der Waals surface area (Å²) < 4.78 is 9.85. The van der Waals surface area contributed by atoms with Gasteiger partial charge in [0.25, 0.3) is 0 Å². The van der Waals surface area contributed by atoms with E-state index >= 15 is 0 Å². The van der Waals surface area contributed by atoms with Gasteiger partial charge < -0.3 is 14.6 Å². The Morgan fingerprint density at radius 3 is 2.35 bits per heavy atom. The van der Waals surface area contributed by atoms with Crippen LogP contribution in [0.1, 0.15) is 19.5 Å². The highest BCUT2D eigenvalue weighted by Crippen LogP contribution is 2.21. The molecule has 0 bridgehead atoms. The van der Waals surface area contributed by atoms with E-state index < -0.39 is 17.9 Å². The molecule has 0 N–H and O–H groups in total. The van der Waals surface area contributed by atoms with Crippen LogP contribution in [0, 0.1) is 5.92 Å². The van der Waals surface area contributed by atoms with Crippen molar-refractivity contribution in [2.45, 2.75) is 20.3 Å². The number of benzene rings is 1. The highest BCUT2D eigenvalue weighted by Gasteiger charge is 2.30. The molecule has 0 atom stereocenters. The first-order chi connectivity index (χ1) is 11.1. The number of pyridine rings is 1. The van der Waals surface area contributed by atoms with Crippen LogP contribution in [-0.2, 0) is 25.5 Å². The van der Waals surface area contributed by atoms with E-state index in [0.29, 0.717) is 16.6 Å². The summed E-state index contributed by atoms with van der Waals surface area (Å²) in [4.78, 5) is 28.2. The predicted molar refractivity (Wildman–Crippen MR) is 81.6 cm³/mol. The van der Waals surface area contributed by atoms with Gasteiger partial charge in [-0.15, -0.1) is 0 Å². The molecule has 0 spiro atoms. The van der Waals surface area contributed by atoms with Crippen LogP contribution in [0.3, 0.4) is 0 Å². The van der Waals surface area contributed by atoms with Gasteiger partial charge in [0, 0.05) is 12.1 Å². The quantitative estimate of drug-likeness (QED) is 0.594. The lowest BCUT2D eigenvalue weighted by Gasteiger charge is -2.15. The van der Waals surface area contributed by atoms with Gasteiger partial charge in [0.2, 0.25) is 0 Å². The van der Waals surface area contributed by atoms with Crippen molar-refractivity contribution in [3.05, 3.63) is 36.0 Å². The lowest BCUT2D eigenvalue weighted by Crippen LogP contribution is -2.30. The molecule has 0 radical (unpaired) electrons. The summed E-state index contributed by atoms with van der Waals surface area (Å²) in [6.45, 7) is 3.67. The van der Waals surface area contributed by atoms with Gasteiger partial charge in [0.05, 0.1) is 18.7 Å². The predicted octanol–water partition coefficient (Wildman–Crippen LogP) is 1.59. The van der Waals surface area contributed by atoms with E-state index in [-0.39, 0.29) is 25.4 Å². The Balaban J connectivity index is 2.29. The summed E-state index contributed by atoms with van der Waals surface area (Å²) in [6.07, 6.45) is 0.0297. The molecule has 0 aliphatic heterocycles. The van der Waals surface area contributed by atoms with Crippen LogP contribution in [0.2, 0.25) is 0 Å². The summed E-state index contributed by atoms with van der Waals surface area (Å²) >= 11 is 0. The first-order valence-electron chi connectivity index (χ1n) is 7.45. The molecular weight excluding hydrogens is 298 g/mol. The number of nitrogens with zero attached hydrogens (tertiary/aromatic N) is 1. The van der Waals surface area contributed by atoms with Crippen LogP contribution < -0.4 is 5.11 Å². The second-order valence-corrected chi connectivity index (χ2v) is 4.89. The SMILES string of the molecule is CCOC(=O)C(Cc1ccc2cccc([O-])c2n1)C(=O)OCC. The molecule has 2 rings (SSSR count). The fourth-order valence-corrected chi connectivity index (χ4v) is 2.23. The number of ether oxygens (including phenoxy) is 2. The maximum absolute atomic E-state index is 12.0. The first kappa shape index (κ1) is 16.7. The largest absolute Gasteiger partial charge is 0.871 e. The zero-order valence-electron chi connectivity index (χ0n) is 13.1. The zero-order chi connectivity index (χ0) is 16.8. The summed E-state index contributed by atoms with van der Waals surface area (Å²) in [5, 5.41) is 12.6. The number of hydrogen-bond acceptors (Lipinski definition) is 6. The fraction of sp³-hybridized carbons (Fsp3) is 0.353. The van der Waals surface area contributed by atoms with E-state index in [1.807, 2.05) is 0 Å². The Morgan fingerprint density at radius 1 is 1.09 bits per heavy atom. The first-order valence-corrected chi connectivity index (χ1v) is 7.45. The van der Waals surface area contributed by atoms with Gasteiger partial charge >= 0.3 is 11.9 Å². The molecular formula is C17H18NO5-. The third-order valence-corrected chi connectivity index (χ3v) is 3.30. The van der Waals surface area contributed by atoms with Gasteiger partial charge in [0.15, 0.2) is 5.92 Å². The summed E-state index contributed by atoms with van der Waals surface area (Å²) in [5.74, 6) is -2.58. The molecule has 6 nitrogen and oxygen atoms in total. The highest BCUT2D eigenvalue weighted by atomic mass is 16.6. The fourth-order valence-electron chi connectivity index (χ4n) is 2.23. The van der Waals surface area contributed by atoms with E-state index in [9.17, 15) is 14.7 Å². The minimum Gasteiger partial charge on any atom is -0.871 e. The van der Waals surface area contributed by atoms with Crippen LogP contribution in [0.4, 0.5) is 0 Å². The Kier molecular flexibility index (Phi) is 5.51. The van der Waals surface area contributed by atoms with Crippen LogP contribution in [-0.4, -0.2) is 30.1 Å². The maximum atomic E-state index is 12.0. The van der Waals surface area contributed by atoms with Gasteiger partial charge in [-0.1, -0.05) is 30.0 Å². The second kappa shape index (κ2) is 7.58. The van der Waals surface area contributed by atoms with Crippen molar-refractivity contribution in [3.63, 3.8) is 0 Å². The molecule has 122 valence electrons. The molecule has 0 aliphatic carbocycles. The van der Waals surface area contributed by atoms with Gasteiger partial charge in [-0.05, 0) is 25.3 Å². The van der Waals surface area contributed by atoms with Gasteiger partial charge in [-0.2, -0.15) is 0 Å². The van der Waals surface area contributed by atoms with Crippen molar-refractivity contribution in [3.8, 4) is 5.75 Å². The summed E-state index contributed by atoms with van der Waals surface area (Å²) in [6, 6.07) is 8.29. The molecule has 0 aliphatic rings. The minimum absolute atomic E-state index is 0.0297. The molecule has 2 aromatic rings. The molecule has 0 amide bonds. The molecule has 23 heavy (non-hydrogen) atoms. The molecule has 1 aromatic carbocycles. The minimum atomic E-state index is -1.08. The number of carbonyl (C=O) groups excluding carboxylic acids is 2. The van der Waals surface area contributed by atoms with Gasteiger partial charge in [-0.25, -0.2) is 0 Å². The van der Waals surface area contributed by atoms with Crippen LogP contribution in [0.15, 0.2) is 30.3 Å². The number of fused-ring (bicyclic) bond motifs is 1. The number of aromatic nitrogens is 1. The molecule has 1 heterocycles. The monoisotopic (exact) mass is 316 g/mol. The average molecular weight is 316 g/mol. The average Bonchev–Trinajstić information content (AvgIpc) is 2.53. The summed E-state index contributed by atoms with van der Waals surface area (Å²) in [7, 11) is 0. The Morgan fingerprint density at radius 2 is 1.74 bits per heavy atom. The van der Waals surface area contributed by atoms with Crippen molar-refractivity contribution in [2.24, 2.45) is 5.92 Å². The summed E-state index contributed by atoms with van der Waals surface area (Å²) in [5.41, 5.74) is 0.781. The molecule has 0 saturated heterocycles. The van der Waals surface area contributed by atoms with Crippen molar-refractivity contribution in [1.82, 2.24) is 4.98 Å². The van der Waals surface area contributed by atoms with E-state index in [2.05, 4.69) is 4.98 Å². The number of para-hydroxylation sites is 1. The Labute approximate surface area is 134 Å². The van der Waals surface area contributed by atoms with Crippen LogP contribution in [0.5, 0.6) is 5.75 Å². The normalized spacial score (nSPS) is 10.7. The number of carbonyl (C=O) groups is 2. The molecule has 0 saturated carbocycles. The second-order valence-electron chi connectivity index (χ2n) is 4.89. The number of hydrogen-bond donors (Lipinski definition) is 0. The molecule has 6 heteroatoms. The smallest absolute Gasteiger partial charge is 0.320 e. The van der Waals surface area contributed by atoms with Gasteiger partial charge in [0.1, 0.15) is 0 Å². The topological polar surface area (TPSA) is 88.5 Å². The van der Waals surface area contributed by atoms with Crippen molar-refractivity contribution >= 4 is 22.8 Å². The lowest BCUT2D eigenvalue weighted by molar-refractivity contribution is -0.266. The van der Waals surface area contributed by atoms with E-state index in [0.717, 1.165) is 0 Å². The van der Waals surface area contributed by atoms with Crippen LogP contribution >= 0.6 is 0 Å². The van der Waals surface area contributed by atoms with E-state index in [1.54, 1.807) is 38.1 Å². The third-order valence-electron chi connectivity index (χ3n) is 3.30. The van der Waals surface area contributed by atoms with Gasteiger partial charge in [-0.3, -0.25) is 14.6 Å². The van der Waals surface area contributed by atoms with Crippen molar-refractivity contribution < 1.29 is 24.2 Å². The van der Waals surface area contributed by atoms with Crippen molar-refractivity contribution in [2.75, 3.05) is 13.2 Å². The third kappa shape index (κ3) is 3.97. The van der Waals surface area contributed by atoms with Crippen molar-refractivity contribution in [1.29, 1.82) is 0 Å². The number of esters is 2. The highest BCUT2D eigenvalue weighted by molar-refractivity contribution is 5.95. The van der Waals surface area contributed by atoms with E-state index in [1.165, 1.54) is 6.07 Å². The molecule has 0 unspecified atom stereocenters. The standard InChI is InChI=1S/C17H19NO5/c1-3-22-16(20)13(17(21)23-4-2)10-12-9-8-11-6-5-7-14(19)15(11)18-12/h5-9,13,19H,3-4,10H2,1-2H3/p-1. The lowest BCUT2D eigenvalue weighted by atomic mass is 10.0. The van der Waals surface area contributed by atoms with Crippen LogP contribution in [0.25, 0.3) is 10.9 Å². The zero-order valence-corrected chi connectivity index (χ0v) is 13.1. The molecule has 1 aromatic heterocycles. The maximum Gasteiger partial charge on any atom is 0.320 e. The Hall–Kier alpha value is -2.63. The number of rotatable bonds is 6. The molecule has 0 fully saturated rings.